The molecule has 1 aromatic carbocycles. The van der Waals surface area contributed by atoms with Crippen molar-refractivity contribution < 1.29 is 5.11 Å². The van der Waals surface area contributed by atoms with E-state index in [0.717, 1.165) is 11.1 Å². The summed E-state index contributed by atoms with van der Waals surface area (Å²) in [6, 6.07) is 7.92. The van der Waals surface area contributed by atoms with Crippen molar-refractivity contribution in [1.29, 1.82) is 0 Å². The molecule has 1 rings (SSSR count). The second-order valence-electron chi connectivity index (χ2n) is 3.03. The van der Waals surface area contributed by atoms with Crippen LogP contribution in [0.5, 0.6) is 0 Å². The molecule has 0 aliphatic carbocycles. The summed E-state index contributed by atoms with van der Waals surface area (Å²) in [6.07, 6.45) is 1.70. The van der Waals surface area contributed by atoms with E-state index in [2.05, 4.69) is 6.58 Å². The average molecular weight is 177 g/mol. The fourth-order valence-electron chi connectivity index (χ4n) is 1.14. The van der Waals surface area contributed by atoms with Gasteiger partial charge >= 0.3 is 0 Å². The van der Waals surface area contributed by atoms with Crippen molar-refractivity contribution in [2.24, 2.45) is 5.73 Å². The van der Waals surface area contributed by atoms with E-state index >= 15 is 0 Å². The Morgan fingerprint density at radius 3 is 2.31 bits per heavy atom. The van der Waals surface area contributed by atoms with Crippen LogP contribution in [-0.2, 0) is 13.0 Å². The van der Waals surface area contributed by atoms with Crippen molar-refractivity contribution in [1.82, 2.24) is 0 Å². The van der Waals surface area contributed by atoms with Gasteiger partial charge in [0.15, 0.2) is 0 Å². The molecule has 1 atom stereocenters. The Kier molecular flexibility index (Phi) is 3.68. The number of aliphatic hydroxyl groups excluding tert-OH is 1. The molecular formula is C11H15NO. The molecule has 1 unspecified atom stereocenters. The summed E-state index contributed by atoms with van der Waals surface area (Å²) in [4.78, 5) is 0. The van der Waals surface area contributed by atoms with Crippen LogP contribution in [0.1, 0.15) is 11.1 Å². The molecule has 3 N–H and O–H groups in total. The summed E-state index contributed by atoms with van der Waals surface area (Å²) in [7, 11) is 0. The van der Waals surface area contributed by atoms with Gasteiger partial charge in [-0.2, -0.15) is 0 Å². The molecule has 0 fully saturated rings. The first kappa shape index (κ1) is 9.96. The van der Waals surface area contributed by atoms with Crippen molar-refractivity contribution in [2.75, 3.05) is 0 Å². The molecular weight excluding hydrogens is 162 g/mol. The maximum Gasteiger partial charge on any atom is 0.0758 e. The number of hydrogen-bond acceptors (Lipinski definition) is 2. The first-order chi connectivity index (χ1) is 6.26. The van der Waals surface area contributed by atoms with Gasteiger partial charge in [-0.3, -0.25) is 0 Å². The molecule has 0 spiro atoms. The number of hydrogen-bond donors (Lipinski definition) is 2. The zero-order valence-corrected chi connectivity index (χ0v) is 7.61. The molecule has 0 bridgehead atoms. The minimum absolute atomic E-state index is 0.455. The Morgan fingerprint density at radius 1 is 1.31 bits per heavy atom. The fourth-order valence-corrected chi connectivity index (χ4v) is 1.14. The van der Waals surface area contributed by atoms with Gasteiger partial charge in [0.2, 0.25) is 0 Å². The van der Waals surface area contributed by atoms with Gasteiger partial charge in [0.25, 0.3) is 0 Å². The standard InChI is InChI=1S/C11H15NO/c1-2-11(13)7-9-3-5-10(8-12)6-4-9/h2-6,11,13H,1,7-8,12H2. The van der Waals surface area contributed by atoms with Gasteiger partial charge in [0.1, 0.15) is 0 Å². The summed E-state index contributed by atoms with van der Waals surface area (Å²) >= 11 is 0. The highest BCUT2D eigenvalue weighted by atomic mass is 16.3. The Bertz CT molecular complexity index is 266. The van der Waals surface area contributed by atoms with Gasteiger partial charge in [-0.05, 0) is 11.1 Å². The molecule has 2 nitrogen and oxygen atoms in total. The van der Waals surface area contributed by atoms with E-state index < -0.39 is 6.10 Å². The quantitative estimate of drug-likeness (QED) is 0.679. The van der Waals surface area contributed by atoms with E-state index in [-0.39, 0.29) is 0 Å². The molecule has 0 aromatic heterocycles. The molecule has 0 aliphatic heterocycles. The Balaban J connectivity index is 2.63. The molecule has 70 valence electrons. The fraction of sp³-hybridized carbons (Fsp3) is 0.273. The lowest BCUT2D eigenvalue weighted by Gasteiger charge is -2.05. The van der Waals surface area contributed by atoms with Crippen molar-refractivity contribution in [3.63, 3.8) is 0 Å². The normalized spacial score (nSPS) is 12.5. The lowest BCUT2D eigenvalue weighted by atomic mass is 10.1. The van der Waals surface area contributed by atoms with E-state index in [9.17, 15) is 5.11 Å². The van der Waals surface area contributed by atoms with Crippen LogP contribution in [0.25, 0.3) is 0 Å². The molecule has 0 amide bonds. The van der Waals surface area contributed by atoms with Crippen LogP contribution >= 0.6 is 0 Å². The lowest BCUT2D eigenvalue weighted by Crippen LogP contribution is -2.06. The minimum atomic E-state index is -0.455. The van der Waals surface area contributed by atoms with E-state index in [1.54, 1.807) is 0 Å². The first-order valence-corrected chi connectivity index (χ1v) is 4.34. The highest BCUT2D eigenvalue weighted by Gasteiger charge is 1.99. The number of benzene rings is 1. The van der Waals surface area contributed by atoms with E-state index in [1.165, 1.54) is 6.08 Å². The van der Waals surface area contributed by atoms with E-state index in [4.69, 9.17) is 5.73 Å². The van der Waals surface area contributed by atoms with Crippen molar-refractivity contribution in [3.05, 3.63) is 48.0 Å². The third-order valence-electron chi connectivity index (χ3n) is 1.98. The van der Waals surface area contributed by atoms with Gasteiger partial charge in [-0.25, -0.2) is 0 Å². The molecule has 0 heterocycles. The maximum absolute atomic E-state index is 9.30. The van der Waals surface area contributed by atoms with Crippen LogP contribution in [0.2, 0.25) is 0 Å². The zero-order valence-electron chi connectivity index (χ0n) is 7.61. The van der Waals surface area contributed by atoms with Gasteiger partial charge in [-0.1, -0.05) is 30.3 Å². The summed E-state index contributed by atoms with van der Waals surface area (Å²) in [5, 5.41) is 9.30. The minimum Gasteiger partial charge on any atom is -0.389 e. The Hall–Kier alpha value is -1.12. The monoisotopic (exact) mass is 177 g/mol. The highest BCUT2D eigenvalue weighted by Crippen LogP contribution is 2.06. The molecule has 0 saturated carbocycles. The molecule has 0 aliphatic rings. The third kappa shape index (κ3) is 3.01. The van der Waals surface area contributed by atoms with E-state index in [0.29, 0.717) is 13.0 Å². The zero-order chi connectivity index (χ0) is 9.68. The third-order valence-corrected chi connectivity index (χ3v) is 1.98. The summed E-state index contributed by atoms with van der Waals surface area (Å²) in [5.74, 6) is 0. The summed E-state index contributed by atoms with van der Waals surface area (Å²) < 4.78 is 0. The van der Waals surface area contributed by atoms with Gasteiger partial charge in [0, 0.05) is 13.0 Å². The van der Waals surface area contributed by atoms with Gasteiger partial charge < -0.3 is 10.8 Å². The number of rotatable bonds is 4. The van der Waals surface area contributed by atoms with Crippen molar-refractivity contribution in [3.8, 4) is 0 Å². The van der Waals surface area contributed by atoms with E-state index in [1.807, 2.05) is 24.3 Å². The van der Waals surface area contributed by atoms with Gasteiger partial charge in [-0.15, -0.1) is 6.58 Å². The largest absolute Gasteiger partial charge is 0.389 e. The number of aliphatic hydroxyl groups is 1. The van der Waals surface area contributed by atoms with Crippen LogP contribution < -0.4 is 5.73 Å². The molecule has 1 aromatic rings. The highest BCUT2D eigenvalue weighted by molar-refractivity contribution is 5.23. The Labute approximate surface area is 78.7 Å². The summed E-state index contributed by atoms with van der Waals surface area (Å²) in [6.45, 7) is 4.08. The van der Waals surface area contributed by atoms with Crippen LogP contribution in [-0.4, -0.2) is 11.2 Å². The maximum atomic E-state index is 9.30. The topological polar surface area (TPSA) is 46.2 Å². The first-order valence-electron chi connectivity index (χ1n) is 4.34. The second kappa shape index (κ2) is 4.80. The second-order valence-corrected chi connectivity index (χ2v) is 3.03. The van der Waals surface area contributed by atoms with Crippen LogP contribution in [0.4, 0.5) is 0 Å². The molecule has 13 heavy (non-hydrogen) atoms. The smallest absolute Gasteiger partial charge is 0.0758 e. The predicted octanol–water partition coefficient (Wildman–Crippen LogP) is 1.23. The lowest BCUT2D eigenvalue weighted by molar-refractivity contribution is 0.224. The summed E-state index contributed by atoms with van der Waals surface area (Å²) in [5.41, 5.74) is 7.67. The molecule has 2 heteroatoms. The van der Waals surface area contributed by atoms with Crippen LogP contribution in [0.3, 0.4) is 0 Å². The van der Waals surface area contributed by atoms with Gasteiger partial charge in [0.05, 0.1) is 6.10 Å². The Morgan fingerprint density at radius 2 is 1.85 bits per heavy atom. The molecule has 0 radical (unpaired) electrons. The predicted molar refractivity (Wildman–Crippen MR) is 54.2 cm³/mol. The SMILES string of the molecule is C=CC(O)Cc1ccc(CN)cc1. The van der Waals surface area contributed by atoms with Crippen molar-refractivity contribution >= 4 is 0 Å². The van der Waals surface area contributed by atoms with Crippen LogP contribution in [0, 0.1) is 0 Å². The molecule has 0 saturated heterocycles. The number of nitrogens with two attached hydrogens (primary N) is 1. The van der Waals surface area contributed by atoms with Crippen molar-refractivity contribution in [2.45, 2.75) is 19.1 Å². The van der Waals surface area contributed by atoms with Crippen LogP contribution in [0.15, 0.2) is 36.9 Å². The average Bonchev–Trinajstić information content (AvgIpc) is 2.19.